The van der Waals surface area contributed by atoms with Gasteiger partial charge in [-0.1, -0.05) is 6.58 Å². The Kier molecular flexibility index (Phi) is 10.5. The van der Waals surface area contributed by atoms with Crippen molar-refractivity contribution in [1.82, 2.24) is 25.2 Å². The highest BCUT2D eigenvalue weighted by atomic mass is 19.4. The Morgan fingerprint density at radius 1 is 1.10 bits per heavy atom. The maximum Gasteiger partial charge on any atom is 0.417 e. The molecular weight excluding hydrogens is 649 g/mol. The van der Waals surface area contributed by atoms with Gasteiger partial charge in [0, 0.05) is 37.8 Å². The third kappa shape index (κ3) is 7.69. The van der Waals surface area contributed by atoms with Gasteiger partial charge in [0.05, 0.1) is 49.9 Å². The molecule has 6 rings (SSSR count). The number of nitrogens with one attached hydrogen (secondary N) is 3. The van der Waals surface area contributed by atoms with Crippen molar-refractivity contribution < 1.29 is 50.5 Å². The van der Waals surface area contributed by atoms with Crippen molar-refractivity contribution >= 4 is 23.3 Å². The fourth-order valence-corrected chi connectivity index (χ4v) is 5.87. The highest BCUT2D eigenvalue weighted by Crippen LogP contribution is 2.51. The second-order valence-corrected chi connectivity index (χ2v) is 11.7. The van der Waals surface area contributed by atoms with E-state index in [2.05, 4.69) is 42.4 Å². The standard InChI is InChI=1S/C30H36F5N7O6/c1-18(42-9-11-46-12-10-42)3-8-36-24-23(27(39-17-38-24)47-15-21(31)32)26(44)40-20-14-37-22(45-2)13-19(20)25(43)41-28-4-6-29(7-5-28,48-16-28)30(33,34)35/h13-14,17,21H,1,3-12,15-16H2,2H3,(H,40,44)(H,41,43)(H,36,38,39). The molecule has 2 bridgehead atoms. The van der Waals surface area contributed by atoms with Crippen molar-refractivity contribution in [1.29, 1.82) is 0 Å². The van der Waals surface area contributed by atoms with E-state index in [4.69, 9.17) is 18.9 Å². The Morgan fingerprint density at radius 3 is 2.46 bits per heavy atom. The van der Waals surface area contributed by atoms with Gasteiger partial charge in [-0.05, 0) is 25.7 Å². The minimum atomic E-state index is -4.54. The Labute approximate surface area is 272 Å². The first-order chi connectivity index (χ1) is 22.9. The van der Waals surface area contributed by atoms with Crippen LogP contribution in [0.25, 0.3) is 0 Å². The molecule has 13 nitrogen and oxygen atoms in total. The minimum absolute atomic E-state index is 0.0159. The second-order valence-electron chi connectivity index (χ2n) is 11.7. The van der Waals surface area contributed by atoms with Crippen LogP contribution in [0.15, 0.2) is 30.9 Å². The van der Waals surface area contributed by atoms with E-state index < -0.39 is 48.0 Å². The van der Waals surface area contributed by atoms with Crippen LogP contribution < -0.4 is 25.4 Å². The number of hydrogen-bond donors (Lipinski definition) is 3. The predicted octanol–water partition coefficient (Wildman–Crippen LogP) is 3.80. The summed E-state index contributed by atoms with van der Waals surface area (Å²) in [7, 11) is 1.31. The van der Waals surface area contributed by atoms with Crippen LogP contribution in [0.5, 0.6) is 11.8 Å². The fourth-order valence-electron chi connectivity index (χ4n) is 5.87. The number of amides is 2. The van der Waals surface area contributed by atoms with Crippen LogP contribution in [0.4, 0.5) is 33.5 Å². The van der Waals surface area contributed by atoms with Gasteiger partial charge in [0.1, 0.15) is 17.7 Å². The van der Waals surface area contributed by atoms with Gasteiger partial charge in [-0.2, -0.15) is 13.2 Å². The quantitative estimate of drug-likeness (QED) is 0.265. The van der Waals surface area contributed by atoms with Crippen LogP contribution in [0, 0.1) is 0 Å². The van der Waals surface area contributed by atoms with E-state index in [-0.39, 0.29) is 67.3 Å². The van der Waals surface area contributed by atoms with Crippen LogP contribution in [0.2, 0.25) is 0 Å². The van der Waals surface area contributed by atoms with Crippen LogP contribution in [-0.2, 0) is 9.47 Å². The number of methoxy groups -OCH3 is 1. The van der Waals surface area contributed by atoms with Gasteiger partial charge in [-0.15, -0.1) is 0 Å². The number of morpholine rings is 1. The van der Waals surface area contributed by atoms with Crippen molar-refractivity contribution in [3.05, 3.63) is 42.0 Å². The van der Waals surface area contributed by atoms with Crippen LogP contribution >= 0.6 is 0 Å². The smallest absolute Gasteiger partial charge is 0.417 e. The zero-order valence-electron chi connectivity index (χ0n) is 26.1. The summed E-state index contributed by atoms with van der Waals surface area (Å²) in [6.07, 6.45) is -5.32. The molecule has 1 aliphatic carbocycles. The molecule has 4 fully saturated rings. The average Bonchev–Trinajstić information content (AvgIpc) is 3.08. The molecule has 3 N–H and O–H groups in total. The molecule has 18 heteroatoms. The normalized spacial score (nSPS) is 22.3. The van der Waals surface area contributed by atoms with E-state index in [9.17, 15) is 31.5 Å². The molecular formula is C30H36F5N7O6. The van der Waals surface area contributed by atoms with E-state index in [1.807, 2.05) is 0 Å². The van der Waals surface area contributed by atoms with Gasteiger partial charge in [0.15, 0.2) is 12.2 Å². The number of carbonyl (C=O) groups is 2. The van der Waals surface area contributed by atoms with Gasteiger partial charge in [0.2, 0.25) is 11.8 Å². The lowest BCUT2D eigenvalue weighted by Crippen LogP contribution is -2.66. The third-order valence-corrected chi connectivity index (χ3v) is 8.67. The molecule has 2 amide bonds. The summed E-state index contributed by atoms with van der Waals surface area (Å²) < 4.78 is 88.1. The number of anilines is 2. The summed E-state index contributed by atoms with van der Waals surface area (Å²) in [4.78, 5) is 41.5. The number of carbonyl (C=O) groups excluding carboxylic acids is 2. The molecule has 0 spiro atoms. The number of halogens is 5. The number of fused-ring (bicyclic) bond motifs is 3. The number of alkyl halides is 5. The summed E-state index contributed by atoms with van der Waals surface area (Å²) >= 11 is 0. The summed E-state index contributed by atoms with van der Waals surface area (Å²) in [5, 5.41) is 8.37. The average molecular weight is 686 g/mol. The first-order valence-corrected chi connectivity index (χ1v) is 15.2. The summed E-state index contributed by atoms with van der Waals surface area (Å²) in [6, 6.07) is 1.25. The highest BCUT2D eigenvalue weighted by molar-refractivity contribution is 6.12. The molecule has 3 saturated heterocycles. The molecule has 4 aliphatic rings. The first kappa shape index (κ1) is 35.0. The molecule has 0 unspecified atom stereocenters. The van der Waals surface area contributed by atoms with Gasteiger partial charge >= 0.3 is 6.18 Å². The topological polar surface area (TPSA) is 149 Å². The lowest BCUT2D eigenvalue weighted by Gasteiger charge is -2.53. The Balaban J connectivity index is 1.35. The molecule has 3 aliphatic heterocycles. The van der Waals surface area contributed by atoms with Crippen molar-refractivity contribution in [3.63, 3.8) is 0 Å². The maximum atomic E-state index is 13.8. The fraction of sp³-hybridized carbons (Fsp3) is 0.567. The van der Waals surface area contributed by atoms with E-state index in [1.54, 1.807) is 0 Å². The van der Waals surface area contributed by atoms with Crippen LogP contribution in [-0.4, -0.2) is 109 Å². The first-order valence-electron chi connectivity index (χ1n) is 15.2. The number of aromatic nitrogens is 3. The minimum Gasteiger partial charge on any atom is -0.481 e. The molecule has 0 atom stereocenters. The second kappa shape index (κ2) is 14.4. The van der Waals surface area contributed by atoms with Gasteiger partial charge in [-0.25, -0.2) is 23.7 Å². The number of ether oxygens (including phenoxy) is 4. The molecule has 0 radical (unpaired) electrons. The monoisotopic (exact) mass is 685 g/mol. The molecule has 1 saturated carbocycles. The van der Waals surface area contributed by atoms with Crippen molar-refractivity contribution in [3.8, 4) is 11.8 Å². The van der Waals surface area contributed by atoms with Gasteiger partial charge in [-0.3, -0.25) is 9.59 Å². The van der Waals surface area contributed by atoms with Gasteiger partial charge < -0.3 is 39.8 Å². The Morgan fingerprint density at radius 2 is 1.83 bits per heavy atom. The van der Waals surface area contributed by atoms with E-state index in [0.717, 1.165) is 18.2 Å². The largest absolute Gasteiger partial charge is 0.481 e. The number of nitrogens with zero attached hydrogens (tertiary/aromatic N) is 4. The van der Waals surface area contributed by atoms with Crippen LogP contribution in [0.3, 0.4) is 0 Å². The SMILES string of the molecule is C=C(CCNc1ncnc(OCC(F)F)c1C(=O)Nc1cnc(OC)cc1C(=O)NC12CCC(C(F)(F)F)(CC1)OC2)N1CCOCC1. The predicted molar refractivity (Wildman–Crippen MR) is 160 cm³/mol. The highest BCUT2D eigenvalue weighted by Gasteiger charge is 2.63. The Hall–Kier alpha value is -4.32. The van der Waals surface area contributed by atoms with Crippen LogP contribution in [0.1, 0.15) is 52.8 Å². The van der Waals surface area contributed by atoms with E-state index in [0.29, 0.717) is 32.7 Å². The molecule has 0 aromatic carbocycles. The summed E-state index contributed by atoms with van der Waals surface area (Å²) in [5.41, 5.74) is -3.01. The number of hydrogen-bond acceptors (Lipinski definition) is 11. The molecule has 48 heavy (non-hydrogen) atoms. The lowest BCUT2D eigenvalue weighted by atomic mass is 9.70. The lowest BCUT2D eigenvalue weighted by molar-refractivity contribution is -0.317. The van der Waals surface area contributed by atoms with Crippen molar-refractivity contribution in [2.45, 2.75) is 55.8 Å². The molecule has 2 aromatic heterocycles. The molecule has 262 valence electrons. The third-order valence-electron chi connectivity index (χ3n) is 8.67. The summed E-state index contributed by atoms with van der Waals surface area (Å²) in [5.74, 6) is -2.08. The van der Waals surface area contributed by atoms with E-state index >= 15 is 0 Å². The molecule has 2 aromatic rings. The van der Waals surface area contributed by atoms with Crippen molar-refractivity contribution in [2.75, 3.05) is 63.8 Å². The number of pyridine rings is 1. The number of rotatable bonds is 13. The Bertz CT molecular complexity index is 1480. The zero-order valence-corrected chi connectivity index (χ0v) is 26.1. The molecule has 5 heterocycles. The van der Waals surface area contributed by atoms with Crippen molar-refractivity contribution in [2.24, 2.45) is 0 Å². The maximum absolute atomic E-state index is 13.8. The summed E-state index contributed by atoms with van der Waals surface area (Å²) in [6.45, 7) is 5.46. The van der Waals surface area contributed by atoms with E-state index in [1.165, 1.54) is 13.2 Å². The van der Waals surface area contributed by atoms with Gasteiger partial charge in [0.25, 0.3) is 18.2 Å². The zero-order chi connectivity index (χ0) is 34.5.